The minimum absolute atomic E-state index is 0.0180. The third kappa shape index (κ3) is 5.14. The lowest BCUT2D eigenvalue weighted by atomic mass is 10.0. The summed E-state index contributed by atoms with van der Waals surface area (Å²) >= 11 is 0. The molecular weight excluding hydrogens is 354 g/mol. The van der Waals surface area contributed by atoms with Crippen LogP contribution in [0.1, 0.15) is 30.9 Å². The second-order valence-corrected chi connectivity index (χ2v) is 7.63. The minimum atomic E-state index is -3.76. The highest BCUT2D eigenvalue weighted by Crippen LogP contribution is 2.23. The number of sulfonamides is 1. The number of primary sulfonamides is 1. The van der Waals surface area contributed by atoms with Crippen LogP contribution in [0.15, 0.2) is 53.4 Å². The summed E-state index contributed by atoms with van der Waals surface area (Å²) in [5.41, 5.74) is 2.17. The van der Waals surface area contributed by atoms with E-state index in [-0.39, 0.29) is 17.4 Å². The lowest BCUT2D eigenvalue weighted by molar-refractivity contribution is -0.136. The predicted octanol–water partition coefficient (Wildman–Crippen LogP) is 1.71. The Kier molecular flexibility index (Phi) is 6.12. The van der Waals surface area contributed by atoms with E-state index in [1.807, 2.05) is 26.0 Å². The third-order valence-electron chi connectivity index (χ3n) is 3.74. The van der Waals surface area contributed by atoms with Gasteiger partial charge in [-0.3, -0.25) is 9.59 Å². The molecule has 0 fully saturated rings. The number of benzene rings is 2. The minimum Gasteiger partial charge on any atom is -0.344 e. The molecule has 0 bridgehead atoms. The number of para-hydroxylation sites is 1. The zero-order valence-electron chi connectivity index (χ0n) is 14.5. The fourth-order valence-corrected chi connectivity index (χ4v) is 2.87. The van der Waals surface area contributed by atoms with E-state index in [9.17, 15) is 18.0 Å². The summed E-state index contributed by atoms with van der Waals surface area (Å²) in [6, 6.07) is 13.0. The molecule has 2 aromatic carbocycles. The van der Waals surface area contributed by atoms with Gasteiger partial charge in [0.05, 0.1) is 4.90 Å². The number of hydrogen-bond donors (Lipinski definition) is 3. The molecule has 0 aliphatic heterocycles. The molecule has 26 heavy (non-hydrogen) atoms. The summed E-state index contributed by atoms with van der Waals surface area (Å²) in [6.07, 6.45) is 0. The molecule has 0 aromatic heterocycles. The van der Waals surface area contributed by atoms with E-state index in [0.717, 1.165) is 5.56 Å². The first-order chi connectivity index (χ1) is 12.2. The van der Waals surface area contributed by atoms with Gasteiger partial charge >= 0.3 is 11.8 Å². The van der Waals surface area contributed by atoms with Crippen molar-refractivity contribution in [2.24, 2.45) is 5.14 Å². The van der Waals surface area contributed by atoms with Crippen molar-refractivity contribution in [1.82, 2.24) is 5.32 Å². The summed E-state index contributed by atoms with van der Waals surface area (Å²) in [7, 11) is -3.76. The van der Waals surface area contributed by atoms with Crippen LogP contribution in [0.2, 0.25) is 0 Å². The molecule has 2 amide bonds. The van der Waals surface area contributed by atoms with E-state index in [2.05, 4.69) is 10.6 Å². The van der Waals surface area contributed by atoms with Crippen LogP contribution in [0.25, 0.3) is 0 Å². The van der Waals surface area contributed by atoms with Crippen molar-refractivity contribution in [3.63, 3.8) is 0 Å². The topological polar surface area (TPSA) is 118 Å². The Balaban J connectivity index is 1.97. The molecule has 138 valence electrons. The van der Waals surface area contributed by atoms with Crippen LogP contribution in [0.4, 0.5) is 5.69 Å². The summed E-state index contributed by atoms with van der Waals surface area (Å²) in [5.74, 6) is -1.34. The molecule has 0 heterocycles. The quantitative estimate of drug-likeness (QED) is 0.689. The van der Waals surface area contributed by atoms with Crippen molar-refractivity contribution in [3.8, 4) is 0 Å². The SMILES string of the molecule is CC(C)c1ccccc1NC(=O)C(=O)NCc1ccc(S(N)(=O)=O)cc1. The smallest absolute Gasteiger partial charge is 0.313 e. The number of hydrogen-bond acceptors (Lipinski definition) is 4. The highest BCUT2D eigenvalue weighted by atomic mass is 32.2. The molecule has 0 saturated heterocycles. The normalized spacial score (nSPS) is 11.2. The largest absolute Gasteiger partial charge is 0.344 e. The monoisotopic (exact) mass is 375 g/mol. The van der Waals surface area contributed by atoms with Crippen molar-refractivity contribution < 1.29 is 18.0 Å². The molecule has 0 aliphatic rings. The Labute approximate surface area is 152 Å². The highest BCUT2D eigenvalue weighted by Gasteiger charge is 2.16. The van der Waals surface area contributed by atoms with Gasteiger partial charge in [-0.1, -0.05) is 44.2 Å². The Morgan fingerprint density at radius 3 is 2.19 bits per heavy atom. The first-order valence-corrected chi connectivity index (χ1v) is 9.53. The molecule has 2 aromatic rings. The van der Waals surface area contributed by atoms with Gasteiger partial charge in [-0.2, -0.15) is 0 Å². The molecule has 0 atom stereocenters. The van der Waals surface area contributed by atoms with Crippen molar-refractivity contribution in [1.29, 1.82) is 0 Å². The Hall–Kier alpha value is -2.71. The van der Waals surface area contributed by atoms with Gasteiger partial charge in [-0.25, -0.2) is 13.6 Å². The third-order valence-corrected chi connectivity index (χ3v) is 4.67. The maximum Gasteiger partial charge on any atom is 0.313 e. The maximum absolute atomic E-state index is 12.1. The van der Waals surface area contributed by atoms with Crippen LogP contribution in [-0.2, 0) is 26.2 Å². The van der Waals surface area contributed by atoms with Gasteiger partial charge < -0.3 is 10.6 Å². The summed E-state index contributed by atoms with van der Waals surface area (Å²) in [5, 5.41) is 10.1. The summed E-state index contributed by atoms with van der Waals surface area (Å²) < 4.78 is 22.4. The van der Waals surface area contributed by atoms with Crippen molar-refractivity contribution in [2.75, 3.05) is 5.32 Å². The molecular formula is C18H21N3O4S. The van der Waals surface area contributed by atoms with E-state index >= 15 is 0 Å². The molecule has 0 aliphatic carbocycles. The van der Waals surface area contributed by atoms with E-state index in [1.54, 1.807) is 12.1 Å². The molecule has 0 radical (unpaired) electrons. The van der Waals surface area contributed by atoms with E-state index in [0.29, 0.717) is 11.3 Å². The average Bonchev–Trinajstić information content (AvgIpc) is 2.59. The molecule has 0 unspecified atom stereocenters. The first-order valence-electron chi connectivity index (χ1n) is 7.98. The van der Waals surface area contributed by atoms with Crippen LogP contribution in [0, 0.1) is 0 Å². The highest BCUT2D eigenvalue weighted by molar-refractivity contribution is 7.89. The first kappa shape index (κ1) is 19.6. The number of carbonyl (C=O) groups excluding carboxylic acids is 2. The van der Waals surface area contributed by atoms with Crippen LogP contribution < -0.4 is 15.8 Å². The molecule has 0 saturated carbocycles. The lowest BCUT2D eigenvalue weighted by Crippen LogP contribution is -2.35. The standard InChI is InChI=1S/C18H21N3O4S/c1-12(2)15-5-3-4-6-16(15)21-18(23)17(22)20-11-13-7-9-14(10-8-13)26(19,24)25/h3-10,12H,11H2,1-2H3,(H,20,22)(H,21,23)(H2,19,24,25). The fourth-order valence-electron chi connectivity index (χ4n) is 2.35. The zero-order valence-corrected chi connectivity index (χ0v) is 15.3. The summed E-state index contributed by atoms with van der Waals surface area (Å²) in [6.45, 7) is 4.08. The van der Waals surface area contributed by atoms with Crippen molar-refractivity contribution in [2.45, 2.75) is 31.2 Å². The van der Waals surface area contributed by atoms with Gasteiger partial charge in [0.25, 0.3) is 0 Å². The zero-order chi connectivity index (χ0) is 19.3. The number of nitrogens with one attached hydrogen (secondary N) is 2. The number of rotatable bonds is 5. The molecule has 4 N–H and O–H groups in total. The van der Waals surface area contributed by atoms with Gasteiger partial charge in [0.15, 0.2) is 0 Å². The Morgan fingerprint density at radius 1 is 1.00 bits per heavy atom. The maximum atomic E-state index is 12.1. The van der Waals surface area contributed by atoms with Gasteiger partial charge in [-0.05, 0) is 35.2 Å². The predicted molar refractivity (Wildman–Crippen MR) is 98.8 cm³/mol. The van der Waals surface area contributed by atoms with Crippen molar-refractivity contribution >= 4 is 27.5 Å². The molecule has 7 nitrogen and oxygen atoms in total. The fraction of sp³-hybridized carbons (Fsp3) is 0.222. The van der Waals surface area contributed by atoms with E-state index in [1.165, 1.54) is 24.3 Å². The molecule has 0 spiro atoms. The van der Waals surface area contributed by atoms with Crippen LogP contribution in [0.5, 0.6) is 0 Å². The van der Waals surface area contributed by atoms with E-state index < -0.39 is 21.8 Å². The number of carbonyl (C=O) groups is 2. The lowest BCUT2D eigenvalue weighted by Gasteiger charge is -2.13. The number of nitrogens with two attached hydrogens (primary N) is 1. The van der Waals surface area contributed by atoms with Gasteiger partial charge in [0.1, 0.15) is 0 Å². The number of anilines is 1. The second kappa shape index (κ2) is 8.11. The molecule has 8 heteroatoms. The van der Waals surface area contributed by atoms with E-state index in [4.69, 9.17) is 5.14 Å². The van der Waals surface area contributed by atoms with Gasteiger partial charge in [0, 0.05) is 12.2 Å². The van der Waals surface area contributed by atoms with Gasteiger partial charge in [0.2, 0.25) is 10.0 Å². The Bertz CT molecular complexity index is 906. The van der Waals surface area contributed by atoms with Crippen LogP contribution in [-0.4, -0.2) is 20.2 Å². The second-order valence-electron chi connectivity index (χ2n) is 6.07. The summed E-state index contributed by atoms with van der Waals surface area (Å²) in [4.78, 5) is 24.0. The molecule has 2 rings (SSSR count). The van der Waals surface area contributed by atoms with Gasteiger partial charge in [-0.15, -0.1) is 0 Å². The van der Waals surface area contributed by atoms with Crippen LogP contribution >= 0.6 is 0 Å². The number of amides is 2. The van der Waals surface area contributed by atoms with Crippen LogP contribution in [0.3, 0.4) is 0 Å². The average molecular weight is 375 g/mol. The Morgan fingerprint density at radius 2 is 1.62 bits per heavy atom. The van der Waals surface area contributed by atoms with Crippen molar-refractivity contribution in [3.05, 3.63) is 59.7 Å².